The summed E-state index contributed by atoms with van der Waals surface area (Å²) < 4.78 is 10.0. The van der Waals surface area contributed by atoms with Gasteiger partial charge in [-0.3, -0.25) is 9.36 Å². The van der Waals surface area contributed by atoms with Crippen LogP contribution >= 0.6 is 34.9 Å². The van der Waals surface area contributed by atoms with Gasteiger partial charge in [0.25, 0.3) is 0 Å². The number of thiazole rings is 1. The third-order valence-electron chi connectivity index (χ3n) is 6.36. The van der Waals surface area contributed by atoms with E-state index in [-0.39, 0.29) is 18.3 Å². The lowest BCUT2D eigenvalue weighted by atomic mass is 10.2. The summed E-state index contributed by atoms with van der Waals surface area (Å²) in [6, 6.07) is 33.9. The minimum absolute atomic E-state index is 0.122. The molecule has 0 aliphatic rings. The van der Waals surface area contributed by atoms with Crippen LogP contribution < -0.4 is 10.1 Å². The number of carbonyl (C=O) groups excluding carboxylic acids is 1. The molecule has 6 rings (SSSR count). The molecule has 0 spiro atoms. The fourth-order valence-corrected chi connectivity index (χ4v) is 7.11. The Morgan fingerprint density at radius 3 is 2.48 bits per heavy atom. The van der Waals surface area contributed by atoms with Crippen LogP contribution in [0.1, 0.15) is 17.0 Å². The van der Waals surface area contributed by atoms with Crippen LogP contribution in [0.2, 0.25) is 0 Å². The maximum absolute atomic E-state index is 13.0. The van der Waals surface area contributed by atoms with Crippen molar-refractivity contribution in [3.8, 4) is 11.4 Å². The first-order chi connectivity index (χ1) is 20.6. The second-order valence-corrected chi connectivity index (χ2v) is 12.6. The van der Waals surface area contributed by atoms with E-state index in [0.29, 0.717) is 11.0 Å². The molecule has 0 saturated heterocycles. The number of anilines is 1. The SMILES string of the molecule is Cc1ccccc1OCc1nnc(SCC(=O)Nc2ccc3nc(SCc4ccccc4)sc3c2)n1-c1ccccc1. The van der Waals surface area contributed by atoms with Gasteiger partial charge < -0.3 is 10.1 Å². The van der Waals surface area contributed by atoms with E-state index in [9.17, 15) is 4.79 Å². The van der Waals surface area contributed by atoms with Crippen LogP contribution in [-0.2, 0) is 17.2 Å². The molecule has 42 heavy (non-hydrogen) atoms. The maximum Gasteiger partial charge on any atom is 0.234 e. The Morgan fingerprint density at radius 1 is 0.905 bits per heavy atom. The molecule has 0 radical (unpaired) electrons. The molecule has 0 aliphatic heterocycles. The lowest BCUT2D eigenvalue weighted by Gasteiger charge is -2.12. The molecule has 2 aromatic heterocycles. The van der Waals surface area contributed by atoms with Gasteiger partial charge in [0.1, 0.15) is 12.4 Å². The van der Waals surface area contributed by atoms with Crippen molar-refractivity contribution in [3.63, 3.8) is 0 Å². The Labute approximate surface area is 256 Å². The summed E-state index contributed by atoms with van der Waals surface area (Å²) in [5.41, 5.74) is 4.90. The predicted molar refractivity (Wildman–Crippen MR) is 172 cm³/mol. The molecule has 0 aliphatic carbocycles. The molecule has 210 valence electrons. The lowest BCUT2D eigenvalue weighted by Crippen LogP contribution is -2.14. The van der Waals surface area contributed by atoms with Crippen molar-refractivity contribution in [2.45, 2.75) is 28.8 Å². The zero-order chi connectivity index (χ0) is 28.7. The van der Waals surface area contributed by atoms with Gasteiger partial charge in [0.15, 0.2) is 15.3 Å². The van der Waals surface area contributed by atoms with Gasteiger partial charge in [-0.25, -0.2) is 4.98 Å². The Kier molecular flexibility index (Phi) is 8.83. The van der Waals surface area contributed by atoms with E-state index in [1.54, 1.807) is 23.1 Å². The Morgan fingerprint density at radius 2 is 1.67 bits per heavy atom. The molecule has 1 amide bonds. The van der Waals surface area contributed by atoms with E-state index in [2.05, 4.69) is 27.6 Å². The highest BCUT2D eigenvalue weighted by molar-refractivity contribution is 8.00. The summed E-state index contributed by atoms with van der Waals surface area (Å²) >= 11 is 4.69. The number of amides is 1. The van der Waals surface area contributed by atoms with Gasteiger partial charge in [-0.1, -0.05) is 90.3 Å². The average Bonchev–Trinajstić information content (AvgIpc) is 3.63. The zero-order valence-corrected chi connectivity index (χ0v) is 25.2. The summed E-state index contributed by atoms with van der Waals surface area (Å²) in [7, 11) is 0. The van der Waals surface area contributed by atoms with E-state index in [0.717, 1.165) is 43.0 Å². The van der Waals surface area contributed by atoms with Crippen molar-refractivity contribution in [2.24, 2.45) is 0 Å². The molecule has 0 fully saturated rings. The minimum atomic E-state index is -0.122. The third-order valence-corrected chi connectivity index (χ3v) is 9.52. The predicted octanol–water partition coefficient (Wildman–Crippen LogP) is 7.79. The number of hydrogen-bond donors (Lipinski definition) is 1. The minimum Gasteiger partial charge on any atom is -0.485 e. The van der Waals surface area contributed by atoms with E-state index < -0.39 is 0 Å². The number of aromatic nitrogens is 4. The molecular weight excluding hydrogens is 583 g/mol. The zero-order valence-electron chi connectivity index (χ0n) is 22.8. The standard InChI is InChI=1S/C32H27N5O2S3/c1-22-10-8-9-15-27(22)39-19-29-35-36-31(37(29)25-13-6-3-7-14-25)40-21-30(38)33-24-16-17-26-28(18-24)42-32(34-26)41-20-23-11-4-2-5-12-23/h2-18H,19-21H2,1H3,(H,33,38). The van der Waals surface area contributed by atoms with Gasteiger partial charge >= 0.3 is 0 Å². The van der Waals surface area contributed by atoms with Gasteiger partial charge in [0.05, 0.1) is 16.0 Å². The monoisotopic (exact) mass is 609 g/mol. The number of ether oxygens (including phenoxy) is 1. The molecule has 7 nitrogen and oxygen atoms in total. The Hall–Kier alpha value is -4.12. The molecule has 4 aromatic carbocycles. The topological polar surface area (TPSA) is 81.9 Å². The van der Waals surface area contributed by atoms with Crippen molar-refractivity contribution in [1.82, 2.24) is 19.7 Å². The van der Waals surface area contributed by atoms with Gasteiger partial charge in [0, 0.05) is 17.1 Å². The number of aryl methyl sites for hydroxylation is 1. The van der Waals surface area contributed by atoms with Crippen molar-refractivity contribution in [3.05, 3.63) is 120 Å². The van der Waals surface area contributed by atoms with Crippen LogP contribution in [0.4, 0.5) is 5.69 Å². The van der Waals surface area contributed by atoms with Gasteiger partial charge in [-0.15, -0.1) is 21.5 Å². The van der Waals surface area contributed by atoms with Gasteiger partial charge in [-0.05, 0) is 54.4 Å². The second-order valence-electron chi connectivity index (χ2n) is 9.40. The van der Waals surface area contributed by atoms with Crippen LogP contribution in [0.15, 0.2) is 113 Å². The maximum atomic E-state index is 13.0. The molecular formula is C32H27N5O2S3. The highest BCUT2D eigenvalue weighted by Crippen LogP contribution is 2.33. The molecule has 2 heterocycles. The molecule has 0 unspecified atom stereocenters. The molecule has 1 N–H and O–H groups in total. The largest absolute Gasteiger partial charge is 0.485 e. The number of fused-ring (bicyclic) bond motifs is 1. The highest BCUT2D eigenvalue weighted by Gasteiger charge is 2.17. The lowest BCUT2D eigenvalue weighted by molar-refractivity contribution is -0.113. The van der Waals surface area contributed by atoms with Gasteiger partial charge in [-0.2, -0.15) is 0 Å². The molecule has 0 bridgehead atoms. The van der Waals surface area contributed by atoms with E-state index in [1.807, 2.05) is 102 Å². The first-order valence-corrected chi connectivity index (χ1v) is 16.1. The van der Waals surface area contributed by atoms with E-state index in [1.165, 1.54) is 17.3 Å². The Bertz CT molecular complexity index is 1810. The number of rotatable bonds is 11. The number of benzene rings is 4. The van der Waals surface area contributed by atoms with Crippen molar-refractivity contribution in [2.75, 3.05) is 11.1 Å². The average molecular weight is 610 g/mol. The molecule has 10 heteroatoms. The number of nitrogens with zero attached hydrogens (tertiary/aromatic N) is 4. The third kappa shape index (κ3) is 6.84. The summed E-state index contributed by atoms with van der Waals surface area (Å²) in [6.45, 7) is 2.26. The number of carbonyl (C=O) groups is 1. The van der Waals surface area contributed by atoms with Crippen LogP contribution in [0.25, 0.3) is 15.9 Å². The highest BCUT2D eigenvalue weighted by atomic mass is 32.2. The first-order valence-electron chi connectivity index (χ1n) is 13.3. The van der Waals surface area contributed by atoms with Crippen LogP contribution in [0.5, 0.6) is 5.75 Å². The second kappa shape index (κ2) is 13.2. The van der Waals surface area contributed by atoms with Crippen molar-refractivity contribution < 1.29 is 9.53 Å². The quantitative estimate of drug-likeness (QED) is 0.150. The summed E-state index contributed by atoms with van der Waals surface area (Å²) in [6.07, 6.45) is 0. The molecule has 6 aromatic rings. The van der Waals surface area contributed by atoms with Crippen LogP contribution in [0, 0.1) is 6.92 Å². The van der Waals surface area contributed by atoms with Crippen molar-refractivity contribution >= 4 is 56.7 Å². The summed E-state index contributed by atoms with van der Waals surface area (Å²) in [4.78, 5) is 17.7. The fraction of sp³-hybridized carbons (Fsp3) is 0.125. The summed E-state index contributed by atoms with van der Waals surface area (Å²) in [5.74, 6) is 2.39. The van der Waals surface area contributed by atoms with Gasteiger partial charge in [0.2, 0.25) is 5.91 Å². The van der Waals surface area contributed by atoms with E-state index in [4.69, 9.17) is 9.72 Å². The fourth-order valence-electron chi connectivity index (χ4n) is 4.27. The molecule has 0 saturated carbocycles. The molecule has 0 atom stereocenters. The van der Waals surface area contributed by atoms with E-state index >= 15 is 0 Å². The number of thioether (sulfide) groups is 2. The smallest absolute Gasteiger partial charge is 0.234 e. The van der Waals surface area contributed by atoms with Crippen LogP contribution in [-0.4, -0.2) is 31.4 Å². The first kappa shape index (κ1) is 28.0. The van der Waals surface area contributed by atoms with Crippen molar-refractivity contribution in [1.29, 1.82) is 0 Å². The summed E-state index contributed by atoms with van der Waals surface area (Å²) in [5, 5.41) is 12.4. The Balaban J connectivity index is 1.11. The number of nitrogens with one attached hydrogen (secondary N) is 1. The number of hydrogen-bond acceptors (Lipinski definition) is 8. The van der Waals surface area contributed by atoms with Crippen LogP contribution in [0.3, 0.4) is 0 Å². The number of para-hydroxylation sites is 2. The normalized spacial score (nSPS) is 11.1.